The molecule has 0 saturated heterocycles. The van der Waals surface area contributed by atoms with E-state index in [1.807, 2.05) is 11.8 Å². The number of hydrogen-bond acceptors (Lipinski definition) is 3. The summed E-state index contributed by atoms with van der Waals surface area (Å²) in [6.07, 6.45) is 3.48. The van der Waals surface area contributed by atoms with Crippen molar-refractivity contribution in [3.05, 3.63) is 0 Å². The predicted octanol–water partition coefficient (Wildman–Crippen LogP) is 0.783. The van der Waals surface area contributed by atoms with Gasteiger partial charge in [0, 0.05) is 19.7 Å². The van der Waals surface area contributed by atoms with Gasteiger partial charge in [-0.2, -0.15) is 0 Å². The molecule has 2 N–H and O–H groups in total. The molecule has 0 bridgehead atoms. The number of halogens is 1. The average molecular weight is 237 g/mol. The predicted molar refractivity (Wildman–Crippen MR) is 62.1 cm³/mol. The van der Waals surface area contributed by atoms with Gasteiger partial charge in [-0.1, -0.05) is 0 Å². The second kappa shape index (κ2) is 7.04. The van der Waals surface area contributed by atoms with Crippen molar-refractivity contribution in [2.24, 2.45) is 5.73 Å². The molecule has 90 valence electrons. The lowest BCUT2D eigenvalue weighted by atomic mass is 9.91. The van der Waals surface area contributed by atoms with Crippen LogP contribution < -0.4 is 5.73 Å². The number of nitrogens with two attached hydrogens (primary N) is 1. The number of methoxy groups -OCH3 is 1. The van der Waals surface area contributed by atoms with E-state index in [2.05, 4.69) is 0 Å². The van der Waals surface area contributed by atoms with Crippen LogP contribution in [0, 0.1) is 0 Å². The molecule has 0 spiro atoms. The summed E-state index contributed by atoms with van der Waals surface area (Å²) in [6, 6.07) is -0.0732. The zero-order chi connectivity index (χ0) is 10.6. The van der Waals surface area contributed by atoms with Crippen LogP contribution in [0.1, 0.15) is 26.2 Å². The number of likely N-dealkylation sites (N-methyl/N-ethyl adjacent to an activating group) is 1. The maximum absolute atomic E-state index is 11.8. The lowest BCUT2D eigenvalue weighted by Gasteiger charge is -2.38. The fourth-order valence-corrected chi connectivity index (χ4v) is 1.76. The van der Waals surface area contributed by atoms with Gasteiger partial charge in [0.25, 0.3) is 0 Å². The van der Waals surface area contributed by atoms with E-state index in [0.717, 1.165) is 19.4 Å². The van der Waals surface area contributed by atoms with E-state index >= 15 is 0 Å². The highest BCUT2D eigenvalue weighted by Crippen LogP contribution is 2.24. The summed E-state index contributed by atoms with van der Waals surface area (Å²) in [6.45, 7) is 3.05. The molecule has 15 heavy (non-hydrogen) atoms. The molecule has 1 atom stereocenters. The standard InChI is InChI=1S/C10H20N2O2.ClH/c1-3-12(8-5-4-6-8)10(13)9(11)7-14-2;/h8-9H,3-7,11H2,1-2H3;1H. The molecule has 1 fully saturated rings. The molecule has 0 radical (unpaired) electrons. The first-order valence-electron chi connectivity index (χ1n) is 5.25. The third kappa shape index (κ3) is 3.63. The Morgan fingerprint density at radius 3 is 2.53 bits per heavy atom. The van der Waals surface area contributed by atoms with E-state index in [-0.39, 0.29) is 18.3 Å². The van der Waals surface area contributed by atoms with Gasteiger partial charge in [-0.25, -0.2) is 0 Å². The smallest absolute Gasteiger partial charge is 0.242 e. The van der Waals surface area contributed by atoms with Crippen LogP contribution in [0.3, 0.4) is 0 Å². The number of hydrogen-bond donors (Lipinski definition) is 1. The molecule has 4 nitrogen and oxygen atoms in total. The fourth-order valence-electron chi connectivity index (χ4n) is 1.76. The summed E-state index contributed by atoms with van der Waals surface area (Å²) in [5.41, 5.74) is 5.70. The summed E-state index contributed by atoms with van der Waals surface area (Å²) in [5, 5.41) is 0. The van der Waals surface area contributed by atoms with Crippen LogP contribution in [0.5, 0.6) is 0 Å². The summed E-state index contributed by atoms with van der Waals surface area (Å²) in [4.78, 5) is 13.7. The lowest BCUT2D eigenvalue weighted by molar-refractivity contribution is -0.137. The summed E-state index contributed by atoms with van der Waals surface area (Å²) < 4.78 is 4.88. The summed E-state index contributed by atoms with van der Waals surface area (Å²) in [7, 11) is 1.56. The van der Waals surface area contributed by atoms with Crippen LogP contribution in [-0.4, -0.2) is 43.2 Å². The molecule has 1 rings (SSSR count). The molecule has 5 heteroatoms. The Bertz CT molecular complexity index is 198. The van der Waals surface area contributed by atoms with Crippen LogP contribution in [0.2, 0.25) is 0 Å². The van der Waals surface area contributed by atoms with Gasteiger partial charge in [0.15, 0.2) is 0 Å². The molecular formula is C10H21ClN2O2. The largest absolute Gasteiger partial charge is 0.383 e. The topological polar surface area (TPSA) is 55.6 Å². The highest BCUT2D eigenvalue weighted by atomic mass is 35.5. The molecule has 1 unspecified atom stereocenters. The van der Waals surface area contributed by atoms with E-state index in [1.54, 1.807) is 7.11 Å². The second-order valence-electron chi connectivity index (χ2n) is 3.77. The number of rotatable bonds is 5. The first-order chi connectivity index (χ1) is 6.70. The second-order valence-corrected chi connectivity index (χ2v) is 3.77. The maximum atomic E-state index is 11.8. The number of ether oxygens (including phenoxy) is 1. The monoisotopic (exact) mass is 236 g/mol. The van der Waals surface area contributed by atoms with Crippen LogP contribution in [0.15, 0.2) is 0 Å². The molecule has 1 saturated carbocycles. The molecule has 0 aromatic rings. The van der Waals surface area contributed by atoms with Gasteiger partial charge >= 0.3 is 0 Å². The highest BCUT2D eigenvalue weighted by Gasteiger charge is 2.30. The normalized spacial score (nSPS) is 17.5. The van der Waals surface area contributed by atoms with Crippen LogP contribution in [-0.2, 0) is 9.53 Å². The number of nitrogens with zero attached hydrogens (tertiary/aromatic N) is 1. The maximum Gasteiger partial charge on any atom is 0.242 e. The van der Waals surface area contributed by atoms with Crippen molar-refractivity contribution in [3.8, 4) is 0 Å². The molecular weight excluding hydrogens is 216 g/mol. The van der Waals surface area contributed by atoms with Crippen molar-refractivity contribution in [1.29, 1.82) is 0 Å². The first kappa shape index (κ1) is 14.7. The number of amides is 1. The van der Waals surface area contributed by atoms with Crippen molar-refractivity contribution >= 4 is 18.3 Å². The van der Waals surface area contributed by atoms with Crippen LogP contribution in [0.4, 0.5) is 0 Å². The van der Waals surface area contributed by atoms with Crippen molar-refractivity contribution in [2.75, 3.05) is 20.3 Å². The van der Waals surface area contributed by atoms with Gasteiger partial charge in [0.05, 0.1) is 6.61 Å². The zero-order valence-corrected chi connectivity index (χ0v) is 10.3. The minimum atomic E-state index is -0.499. The third-order valence-electron chi connectivity index (χ3n) is 2.80. The van der Waals surface area contributed by atoms with Gasteiger partial charge in [0.2, 0.25) is 5.91 Å². The van der Waals surface area contributed by atoms with Crippen molar-refractivity contribution in [3.63, 3.8) is 0 Å². The Kier molecular flexibility index (Phi) is 6.89. The van der Waals surface area contributed by atoms with Gasteiger partial charge in [-0.3, -0.25) is 4.79 Å². The Morgan fingerprint density at radius 2 is 2.20 bits per heavy atom. The minimum Gasteiger partial charge on any atom is -0.383 e. The van der Waals surface area contributed by atoms with Crippen molar-refractivity contribution < 1.29 is 9.53 Å². The van der Waals surface area contributed by atoms with Gasteiger partial charge in [-0.05, 0) is 26.2 Å². The van der Waals surface area contributed by atoms with Crippen LogP contribution >= 0.6 is 12.4 Å². The molecule has 0 heterocycles. The van der Waals surface area contributed by atoms with Gasteiger partial charge in [-0.15, -0.1) is 12.4 Å². The van der Waals surface area contributed by atoms with E-state index in [1.165, 1.54) is 6.42 Å². The minimum absolute atomic E-state index is 0. The van der Waals surface area contributed by atoms with Gasteiger partial charge in [0.1, 0.15) is 6.04 Å². The highest BCUT2D eigenvalue weighted by molar-refractivity contribution is 5.85. The van der Waals surface area contributed by atoms with Crippen molar-refractivity contribution in [2.45, 2.75) is 38.3 Å². The number of carbonyl (C=O) groups excluding carboxylic acids is 1. The third-order valence-corrected chi connectivity index (χ3v) is 2.80. The van der Waals surface area contributed by atoms with E-state index in [4.69, 9.17) is 10.5 Å². The van der Waals surface area contributed by atoms with E-state index in [9.17, 15) is 4.79 Å². The SMILES string of the molecule is CCN(C(=O)C(N)COC)C1CCC1.Cl. The fraction of sp³-hybridized carbons (Fsp3) is 0.900. The molecule has 1 amide bonds. The molecule has 1 aliphatic carbocycles. The zero-order valence-electron chi connectivity index (χ0n) is 9.44. The van der Waals surface area contributed by atoms with Crippen LogP contribution in [0.25, 0.3) is 0 Å². The summed E-state index contributed by atoms with van der Waals surface area (Å²) in [5.74, 6) is 0.0269. The first-order valence-corrected chi connectivity index (χ1v) is 5.25. The average Bonchev–Trinajstić information content (AvgIpc) is 2.10. The van der Waals surface area contributed by atoms with Gasteiger partial charge < -0.3 is 15.4 Å². The quantitative estimate of drug-likeness (QED) is 0.768. The molecule has 0 aliphatic heterocycles. The Balaban J connectivity index is 0.00000196. The lowest BCUT2D eigenvalue weighted by Crippen LogP contribution is -2.52. The molecule has 1 aliphatic rings. The van der Waals surface area contributed by atoms with E-state index < -0.39 is 6.04 Å². The summed E-state index contributed by atoms with van der Waals surface area (Å²) >= 11 is 0. The Morgan fingerprint density at radius 1 is 1.60 bits per heavy atom. The molecule has 0 aromatic heterocycles. The number of carbonyl (C=O) groups is 1. The van der Waals surface area contributed by atoms with Crippen molar-refractivity contribution in [1.82, 2.24) is 4.90 Å². The molecule has 0 aromatic carbocycles. The Hall–Kier alpha value is -0.320. The van der Waals surface area contributed by atoms with E-state index in [0.29, 0.717) is 12.6 Å². The Labute approximate surface area is 97.5 Å².